The topological polar surface area (TPSA) is 62.3 Å². The third kappa shape index (κ3) is 4.79. The summed E-state index contributed by atoms with van der Waals surface area (Å²) >= 11 is 0. The number of methoxy groups -OCH3 is 1. The zero-order valence-electron chi connectivity index (χ0n) is 12.7. The largest absolute Gasteiger partial charge is 0.497 e. The van der Waals surface area contributed by atoms with Gasteiger partial charge in [0.2, 0.25) is 0 Å². The zero-order valence-corrected chi connectivity index (χ0v) is 12.7. The van der Waals surface area contributed by atoms with Crippen molar-refractivity contribution in [3.8, 4) is 11.5 Å². The Hall–Kier alpha value is -2.01. The van der Waals surface area contributed by atoms with Gasteiger partial charge in [-0.2, -0.15) is 0 Å². The number of aryl methyl sites for hydroxylation is 1. The van der Waals surface area contributed by atoms with Gasteiger partial charge in [0.1, 0.15) is 11.5 Å². The molecule has 1 atom stereocenters. The van der Waals surface area contributed by atoms with Crippen molar-refractivity contribution in [2.45, 2.75) is 32.4 Å². The highest BCUT2D eigenvalue weighted by Gasteiger charge is 2.08. The Morgan fingerprint density at radius 2 is 2.24 bits per heavy atom. The molecule has 2 rings (SSSR count). The van der Waals surface area contributed by atoms with Crippen LogP contribution in [0.4, 0.5) is 0 Å². The van der Waals surface area contributed by atoms with Gasteiger partial charge in [-0.1, -0.05) is 6.07 Å². The number of hydrogen-bond acceptors (Lipinski definition) is 4. The molecule has 0 aliphatic heterocycles. The molecule has 0 aliphatic rings. The maximum Gasteiger partial charge on any atom is 0.126 e. The monoisotopic (exact) mass is 289 g/mol. The standard InChI is InChI=1S/C16H23N3O2/c1-13(17)10-14-4-5-15(20-2)11-16(14)21-9-3-7-19-8-6-18-12-19/h4-6,8,11-13H,3,7,9-10,17H2,1-2H3. The van der Waals surface area contributed by atoms with Gasteiger partial charge < -0.3 is 19.8 Å². The normalized spacial score (nSPS) is 12.1. The van der Waals surface area contributed by atoms with Crippen molar-refractivity contribution in [3.63, 3.8) is 0 Å². The van der Waals surface area contributed by atoms with Crippen LogP contribution in [0.2, 0.25) is 0 Å². The van der Waals surface area contributed by atoms with Crippen molar-refractivity contribution < 1.29 is 9.47 Å². The molecule has 21 heavy (non-hydrogen) atoms. The quantitative estimate of drug-likeness (QED) is 0.757. The fraction of sp³-hybridized carbons (Fsp3) is 0.438. The van der Waals surface area contributed by atoms with Crippen molar-refractivity contribution in [2.24, 2.45) is 5.73 Å². The Balaban J connectivity index is 1.92. The Morgan fingerprint density at radius 1 is 1.38 bits per heavy atom. The first-order chi connectivity index (χ1) is 10.2. The van der Waals surface area contributed by atoms with Gasteiger partial charge in [-0.25, -0.2) is 4.98 Å². The average molecular weight is 289 g/mol. The number of rotatable bonds is 8. The summed E-state index contributed by atoms with van der Waals surface area (Å²) < 4.78 is 13.2. The molecule has 0 bridgehead atoms. The lowest BCUT2D eigenvalue weighted by molar-refractivity contribution is 0.296. The van der Waals surface area contributed by atoms with Crippen LogP contribution in [0.1, 0.15) is 18.9 Å². The van der Waals surface area contributed by atoms with Crippen molar-refractivity contribution in [1.82, 2.24) is 9.55 Å². The van der Waals surface area contributed by atoms with E-state index in [-0.39, 0.29) is 6.04 Å². The number of benzene rings is 1. The van der Waals surface area contributed by atoms with Gasteiger partial charge in [0.15, 0.2) is 0 Å². The maximum absolute atomic E-state index is 5.91. The minimum atomic E-state index is 0.103. The van der Waals surface area contributed by atoms with Crippen LogP contribution in [-0.2, 0) is 13.0 Å². The molecule has 0 fully saturated rings. The summed E-state index contributed by atoms with van der Waals surface area (Å²) in [6, 6.07) is 5.99. The van der Waals surface area contributed by atoms with Crippen molar-refractivity contribution in [1.29, 1.82) is 0 Å². The van der Waals surface area contributed by atoms with Crippen molar-refractivity contribution >= 4 is 0 Å². The Labute approximate surface area is 125 Å². The summed E-state index contributed by atoms with van der Waals surface area (Å²) in [5.41, 5.74) is 7.00. The van der Waals surface area contributed by atoms with Gasteiger partial charge in [0.25, 0.3) is 0 Å². The van der Waals surface area contributed by atoms with Crippen LogP contribution in [0.25, 0.3) is 0 Å². The first-order valence-electron chi connectivity index (χ1n) is 7.20. The van der Waals surface area contributed by atoms with Crippen LogP contribution in [0.15, 0.2) is 36.9 Å². The molecular formula is C16H23N3O2. The van der Waals surface area contributed by atoms with Crippen LogP contribution in [0.3, 0.4) is 0 Å². The van der Waals surface area contributed by atoms with Gasteiger partial charge in [-0.15, -0.1) is 0 Å². The summed E-state index contributed by atoms with van der Waals surface area (Å²) in [7, 11) is 1.66. The molecule has 0 radical (unpaired) electrons. The molecule has 1 unspecified atom stereocenters. The van der Waals surface area contributed by atoms with E-state index in [1.54, 1.807) is 13.3 Å². The van der Waals surface area contributed by atoms with E-state index in [0.717, 1.165) is 36.4 Å². The van der Waals surface area contributed by atoms with Gasteiger partial charge in [0.05, 0.1) is 20.0 Å². The van der Waals surface area contributed by atoms with Gasteiger partial charge in [0, 0.05) is 31.0 Å². The van der Waals surface area contributed by atoms with Crippen LogP contribution >= 0.6 is 0 Å². The predicted molar refractivity (Wildman–Crippen MR) is 82.7 cm³/mol. The van der Waals surface area contributed by atoms with Crippen LogP contribution < -0.4 is 15.2 Å². The second kappa shape index (κ2) is 7.69. The third-order valence-corrected chi connectivity index (χ3v) is 3.19. The number of nitrogens with zero attached hydrogens (tertiary/aromatic N) is 2. The Kier molecular flexibility index (Phi) is 5.63. The van der Waals surface area contributed by atoms with E-state index < -0.39 is 0 Å². The second-order valence-corrected chi connectivity index (χ2v) is 5.16. The fourth-order valence-electron chi connectivity index (χ4n) is 2.16. The molecule has 0 saturated carbocycles. The number of aromatic nitrogens is 2. The van der Waals surface area contributed by atoms with E-state index in [1.807, 2.05) is 42.2 Å². The highest BCUT2D eigenvalue weighted by Crippen LogP contribution is 2.26. The molecule has 5 heteroatoms. The van der Waals surface area contributed by atoms with Gasteiger partial charge >= 0.3 is 0 Å². The minimum Gasteiger partial charge on any atom is -0.497 e. The lowest BCUT2D eigenvalue weighted by Crippen LogP contribution is -2.18. The van der Waals surface area contributed by atoms with Crippen molar-refractivity contribution in [3.05, 3.63) is 42.5 Å². The predicted octanol–water partition coefficient (Wildman–Crippen LogP) is 2.25. The molecule has 2 N–H and O–H groups in total. The molecule has 0 saturated heterocycles. The fourth-order valence-corrected chi connectivity index (χ4v) is 2.16. The molecule has 5 nitrogen and oxygen atoms in total. The molecule has 0 amide bonds. The summed E-state index contributed by atoms with van der Waals surface area (Å²) in [4.78, 5) is 4.02. The van der Waals surface area contributed by atoms with Gasteiger partial charge in [-0.05, 0) is 31.4 Å². The van der Waals surface area contributed by atoms with Crippen LogP contribution in [0.5, 0.6) is 11.5 Å². The van der Waals surface area contributed by atoms with Crippen molar-refractivity contribution in [2.75, 3.05) is 13.7 Å². The lowest BCUT2D eigenvalue weighted by atomic mass is 10.1. The summed E-state index contributed by atoms with van der Waals surface area (Å²) in [6.07, 6.45) is 7.26. The maximum atomic E-state index is 5.91. The minimum absolute atomic E-state index is 0.103. The average Bonchev–Trinajstić information content (AvgIpc) is 2.97. The summed E-state index contributed by atoms with van der Waals surface area (Å²) in [6.45, 7) is 3.54. The summed E-state index contributed by atoms with van der Waals surface area (Å²) in [5, 5.41) is 0. The smallest absolute Gasteiger partial charge is 0.126 e. The van der Waals surface area contributed by atoms with E-state index in [1.165, 1.54) is 0 Å². The molecule has 0 spiro atoms. The SMILES string of the molecule is COc1ccc(CC(C)N)c(OCCCn2ccnc2)c1. The molecule has 2 aromatic rings. The lowest BCUT2D eigenvalue weighted by Gasteiger charge is -2.14. The Bertz CT molecular complexity index is 538. The molecule has 1 aromatic heterocycles. The molecule has 1 aromatic carbocycles. The highest BCUT2D eigenvalue weighted by atomic mass is 16.5. The number of imidazole rings is 1. The molecule has 114 valence electrons. The van der Waals surface area contributed by atoms with E-state index in [2.05, 4.69) is 4.98 Å². The first kappa shape index (κ1) is 15.4. The summed E-state index contributed by atoms with van der Waals surface area (Å²) in [5.74, 6) is 1.66. The highest BCUT2D eigenvalue weighted by molar-refractivity contribution is 5.41. The second-order valence-electron chi connectivity index (χ2n) is 5.16. The molecular weight excluding hydrogens is 266 g/mol. The van der Waals surface area contributed by atoms with E-state index in [9.17, 15) is 0 Å². The van der Waals surface area contributed by atoms with Crippen LogP contribution in [0, 0.1) is 0 Å². The molecule has 1 heterocycles. The number of nitrogens with two attached hydrogens (primary N) is 1. The number of hydrogen-bond donors (Lipinski definition) is 1. The van der Waals surface area contributed by atoms with E-state index in [0.29, 0.717) is 6.61 Å². The third-order valence-electron chi connectivity index (χ3n) is 3.19. The molecule has 0 aliphatic carbocycles. The van der Waals surface area contributed by atoms with Gasteiger partial charge in [-0.3, -0.25) is 0 Å². The zero-order chi connectivity index (χ0) is 15.1. The Morgan fingerprint density at radius 3 is 2.90 bits per heavy atom. The first-order valence-corrected chi connectivity index (χ1v) is 7.20. The van der Waals surface area contributed by atoms with Crippen LogP contribution in [-0.4, -0.2) is 29.3 Å². The number of ether oxygens (including phenoxy) is 2. The van der Waals surface area contributed by atoms with E-state index in [4.69, 9.17) is 15.2 Å². The van der Waals surface area contributed by atoms with E-state index >= 15 is 0 Å².